The smallest absolute Gasteiger partial charge is 0.421 e. The van der Waals surface area contributed by atoms with Crippen LogP contribution < -0.4 is 15.4 Å². The predicted molar refractivity (Wildman–Crippen MR) is 297 cm³/mol. The maximum Gasteiger partial charge on any atom is 0.421 e. The van der Waals surface area contributed by atoms with E-state index in [4.69, 9.17) is 15.0 Å². The largest absolute Gasteiger partial charge is 0.502 e. The van der Waals surface area contributed by atoms with E-state index in [1.165, 1.54) is 20.4 Å². The van der Waals surface area contributed by atoms with Crippen molar-refractivity contribution in [3.05, 3.63) is 197 Å². The van der Waals surface area contributed by atoms with Crippen LogP contribution in [0.3, 0.4) is 0 Å². The number of fused-ring (bicyclic) bond motifs is 3. The second-order valence-corrected chi connectivity index (χ2v) is 18.3. The van der Waals surface area contributed by atoms with Gasteiger partial charge in [0.2, 0.25) is 0 Å². The van der Waals surface area contributed by atoms with Crippen LogP contribution >= 0.6 is 47.8 Å². The number of ketones is 1. The standard InChI is InChI=1S/C18H14BrN3O4.C18H14BrNO4.C14H8BrNO2.C4H6N2O2.CH4/c1-2-26-16(23)15(21-20)18(25)13-5-3-4-6-14(13)22(17(18)24)12-9-7-11(19)8-10-12;1-2-24-18(23)15-13-5-3-4-6-14(13)20(17(22)16(15)21)12-9-7-11(19)8-10-12;15-9-5-7-10(8-6-9)16-12-4-2-1-3-11(12)13(17)14(16)18;1-2-8-4(7)3-6-5;/h3-10,25H,2H2,1H3;3-10,21H,2H2,1H3;1-8H;3H,2H2,1H3;1H4. The van der Waals surface area contributed by atoms with Gasteiger partial charge in [-0.15, -0.1) is 0 Å². The number of aliphatic hydroxyl groups is 1. The lowest BCUT2D eigenvalue weighted by Gasteiger charge is -2.19. The van der Waals surface area contributed by atoms with Crippen molar-refractivity contribution in [2.45, 2.75) is 33.8 Å². The van der Waals surface area contributed by atoms with Crippen LogP contribution in [0, 0.1) is 0 Å². The summed E-state index contributed by atoms with van der Waals surface area (Å²) in [6.07, 6.45) is 0.698. The number of carbonyl (C=O) groups is 6. The highest BCUT2D eigenvalue weighted by molar-refractivity contribution is 9.11. The quantitative estimate of drug-likeness (QED) is 0.0323. The minimum absolute atomic E-state index is 0. The number of nitrogens with zero attached hydrogens (tertiary/aromatic N) is 7. The number of ether oxygens (including phenoxy) is 3. The molecule has 0 spiro atoms. The summed E-state index contributed by atoms with van der Waals surface area (Å²) >= 11 is 10.0. The molecule has 394 valence electrons. The van der Waals surface area contributed by atoms with Crippen molar-refractivity contribution in [3.63, 3.8) is 0 Å². The van der Waals surface area contributed by atoms with Crippen LogP contribution in [0.25, 0.3) is 27.7 Å². The maximum atomic E-state index is 13.1. The molecule has 9 rings (SSSR count). The minimum Gasteiger partial charge on any atom is -0.502 e. The third-order valence-electron chi connectivity index (χ3n) is 11.0. The number of esters is 3. The number of aromatic nitrogens is 1. The van der Waals surface area contributed by atoms with Crippen molar-refractivity contribution in [1.82, 2.24) is 4.57 Å². The average molecular weight is 1240 g/mol. The molecule has 0 radical (unpaired) electrons. The molecular formula is C55H46Br3N7O12. The van der Waals surface area contributed by atoms with Crippen LogP contribution in [0.15, 0.2) is 164 Å². The number of aromatic hydroxyl groups is 1. The normalized spacial score (nSPS) is 13.5. The number of anilines is 4. The molecule has 0 saturated carbocycles. The topological polar surface area (TPSA) is 272 Å². The fraction of sp³-hybridized carbons (Fsp3) is 0.145. The summed E-state index contributed by atoms with van der Waals surface area (Å²) in [6, 6.07) is 41.6. The first kappa shape index (κ1) is 59.4. The highest BCUT2D eigenvalue weighted by Gasteiger charge is 2.62. The number of para-hydroxylation sites is 3. The number of hydrogen-bond donors (Lipinski definition) is 2. The molecule has 1 atom stereocenters. The zero-order valence-corrected chi connectivity index (χ0v) is 45.1. The van der Waals surface area contributed by atoms with E-state index in [1.54, 1.807) is 142 Å². The van der Waals surface area contributed by atoms with Gasteiger partial charge in [-0.2, -0.15) is 9.58 Å². The van der Waals surface area contributed by atoms with Crippen molar-refractivity contribution in [1.29, 1.82) is 0 Å². The molecule has 2 amide bonds. The predicted octanol–water partition coefficient (Wildman–Crippen LogP) is 9.98. The fourth-order valence-corrected chi connectivity index (χ4v) is 8.54. The van der Waals surface area contributed by atoms with Crippen molar-refractivity contribution in [3.8, 4) is 11.4 Å². The van der Waals surface area contributed by atoms with Crippen molar-refractivity contribution >= 4 is 129 Å². The Hall–Kier alpha value is -8.49. The Balaban J connectivity index is 0.000000200. The number of amides is 2. The van der Waals surface area contributed by atoms with Gasteiger partial charge in [-0.3, -0.25) is 33.5 Å². The Labute approximate surface area is 465 Å². The van der Waals surface area contributed by atoms with E-state index in [1.807, 2.05) is 18.2 Å². The summed E-state index contributed by atoms with van der Waals surface area (Å²) < 4.78 is 18.1. The van der Waals surface area contributed by atoms with E-state index in [0.29, 0.717) is 57.7 Å². The van der Waals surface area contributed by atoms with Crippen molar-refractivity contribution < 1.29 is 62.8 Å². The molecule has 0 saturated heterocycles. The van der Waals surface area contributed by atoms with Crippen LogP contribution in [0.5, 0.6) is 5.75 Å². The molecule has 1 unspecified atom stereocenters. The van der Waals surface area contributed by atoms with Gasteiger partial charge in [-0.05, 0) is 118 Å². The van der Waals surface area contributed by atoms with Crippen LogP contribution in [-0.4, -0.2) is 91.6 Å². The third kappa shape index (κ3) is 12.8. The molecule has 2 aliphatic rings. The van der Waals surface area contributed by atoms with Crippen LogP contribution in [0.1, 0.15) is 54.5 Å². The molecule has 6 aromatic carbocycles. The number of carbonyl (C=O) groups excluding carboxylic acids is 6. The lowest BCUT2D eigenvalue weighted by molar-refractivity contribution is -0.147. The lowest BCUT2D eigenvalue weighted by atomic mass is 9.90. The zero-order chi connectivity index (χ0) is 55.3. The second kappa shape index (κ2) is 26.8. The summed E-state index contributed by atoms with van der Waals surface area (Å²) in [5.74, 6) is -4.82. The molecule has 1 aromatic heterocycles. The van der Waals surface area contributed by atoms with Gasteiger partial charge in [-0.25, -0.2) is 14.4 Å². The summed E-state index contributed by atoms with van der Waals surface area (Å²) in [5.41, 5.74) is 17.0. The van der Waals surface area contributed by atoms with Gasteiger partial charge >= 0.3 is 35.7 Å². The third-order valence-corrected chi connectivity index (χ3v) is 12.6. The summed E-state index contributed by atoms with van der Waals surface area (Å²) in [5, 5.41) is 22.0. The fourth-order valence-electron chi connectivity index (χ4n) is 7.74. The van der Waals surface area contributed by atoms with E-state index in [9.17, 15) is 49.3 Å². The summed E-state index contributed by atoms with van der Waals surface area (Å²) in [7, 11) is 0. The first-order chi connectivity index (χ1) is 36.5. The Kier molecular flexibility index (Phi) is 20.7. The number of rotatable bonds is 10. The first-order valence-corrected chi connectivity index (χ1v) is 25.1. The first-order valence-electron chi connectivity index (χ1n) is 22.7. The van der Waals surface area contributed by atoms with Gasteiger partial charge < -0.3 is 35.5 Å². The monoisotopic (exact) mass is 1230 g/mol. The molecule has 7 aromatic rings. The van der Waals surface area contributed by atoms with Crippen LogP contribution in [0.4, 0.5) is 22.7 Å². The highest BCUT2D eigenvalue weighted by atomic mass is 79.9. The molecule has 2 N–H and O–H groups in total. The van der Waals surface area contributed by atoms with E-state index < -0.39 is 58.1 Å². The molecule has 77 heavy (non-hydrogen) atoms. The van der Waals surface area contributed by atoms with E-state index >= 15 is 0 Å². The number of Topliss-reactive ketones (excluding diaryl/α,β-unsaturated/α-hetero) is 1. The number of hydrogen-bond acceptors (Lipinski definition) is 12. The van der Waals surface area contributed by atoms with Crippen LogP contribution in [-0.2, 0) is 39.0 Å². The van der Waals surface area contributed by atoms with E-state index in [0.717, 1.165) is 13.4 Å². The minimum atomic E-state index is -2.45. The van der Waals surface area contributed by atoms with Gasteiger partial charge in [0, 0.05) is 41.4 Å². The Morgan fingerprint density at radius 2 is 1.13 bits per heavy atom. The lowest BCUT2D eigenvalue weighted by Crippen LogP contribution is -2.49. The molecule has 0 aliphatic carbocycles. The molecular weight excluding hydrogens is 1190 g/mol. The van der Waals surface area contributed by atoms with Gasteiger partial charge in [0.1, 0.15) is 5.56 Å². The Morgan fingerprint density at radius 3 is 1.68 bits per heavy atom. The van der Waals surface area contributed by atoms with E-state index in [2.05, 4.69) is 62.1 Å². The zero-order valence-electron chi connectivity index (χ0n) is 40.3. The highest BCUT2D eigenvalue weighted by Crippen LogP contribution is 2.45. The molecule has 0 bridgehead atoms. The van der Waals surface area contributed by atoms with Crippen LogP contribution in [0.2, 0.25) is 0 Å². The van der Waals surface area contributed by atoms with E-state index in [-0.39, 0.29) is 31.8 Å². The summed E-state index contributed by atoms with van der Waals surface area (Å²) in [4.78, 5) is 92.2. The molecule has 22 heteroatoms. The second-order valence-electron chi connectivity index (χ2n) is 15.6. The molecule has 2 aliphatic heterocycles. The molecule has 19 nitrogen and oxygen atoms in total. The number of pyridine rings is 1. The van der Waals surface area contributed by atoms with Gasteiger partial charge in [0.05, 0.1) is 42.3 Å². The maximum absolute atomic E-state index is 13.1. The van der Waals surface area contributed by atoms with Crippen molar-refractivity contribution in [2.24, 2.45) is 0 Å². The van der Waals surface area contributed by atoms with Gasteiger partial charge in [-0.1, -0.05) is 104 Å². The van der Waals surface area contributed by atoms with Gasteiger partial charge in [0.15, 0.2) is 5.75 Å². The Morgan fingerprint density at radius 1 is 0.636 bits per heavy atom. The molecule has 3 heterocycles. The molecule has 0 fully saturated rings. The average Bonchev–Trinajstić information content (AvgIpc) is 3.80. The van der Waals surface area contributed by atoms with Crippen molar-refractivity contribution in [2.75, 3.05) is 29.6 Å². The summed E-state index contributed by atoms with van der Waals surface area (Å²) in [6.45, 7) is 5.35. The number of halogens is 3. The SMILES string of the molecule is C.CCOC(=O)C(=[N+]=[N-])C1(O)C(=O)N(c2ccc(Br)cc2)c2ccccc21.CCOC(=O)C=[N+]=[N-].CCOC(=O)c1c(O)c(=O)n(-c2ccc(Br)cc2)c2ccccc12.O=C1C(=O)N(c2ccc(Br)cc2)c2ccccc21. The van der Waals surface area contributed by atoms with Gasteiger partial charge in [0.25, 0.3) is 22.9 Å². The number of benzene rings is 6. The Bertz CT molecular complexity index is 3540.